The van der Waals surface area contributed by atoms with Gasteiger partial charge in [0.15, 0.2) is 0 Å². The minimum atomic E-state index is 0.412. The van der Waals surface area contributed by atoms with Crippen molar-refractivity contribution in [3.05, 3.63) is 11.9 Å². The van der Waals surface area contributed by atoms with Crippen LogP contribution in [0.4, 0.5) is 11.6 Å². The highest BCUT2D eigenvalue weighted by Crippen LogP contribution is 2.37. The van der Waals surface area contributed by atoms with Gasteiger partial charge in [0.25, 0.3) is 0 Å². The van der Waals surface area contributed by atoms with Crippen LogP contribution in [0.1, 0.15) is 38.4 Å². The normalized spacial score (nSPS) is 18.1. The molecule has 0 aliphatic heterocycles. The molecule has 0 atom stereocenters. The number of aromatic nitrogens is 2. The van der Waals surface area contributed by atoms with Crippen LogP contribution >= 0.6 is 0 Å². The Bertz CT molecular complexity index is 384. The predicted molar refractivity (Wildman–Crippen MR) is 69.6 cm³/mol. The first kappa shape index (κ1) is 12.1. The molecule has 0 unspecified atom stereocenters. The number of aryl methyl sites for hydroxylation is 1. The minimum Gasteiger partial charge on any atom is -0.369 e. The van der Waals surface area contributed by atoms with Crippen molar-refractivity contribution in [2.24, 2.45) is 11.3 Å². The largest absolute Gasteiger partial charge is 0.369 e. The van der Waals surface area contributed by atoms with Crippen molar-refractivity contribution in [2.75, 3.05) is 17.3 Å². The molecule has 1 fully saturated rings. The van der Waals surface area contributed by atoms with E-state index in [1.807, 2.05) is 13.0 Å². The second-order valence-electron chi connectivity index (χ2n) is 5.20. The summed E-state index contributed by atoms with van der Waals surface area (Å²) in [6, 6.07) is 1.84. The molecule has 4 N–H and O–H groups in total. The van der Waals surface area contributed by atoms with Crippen LogP contribution < -0.4 is 16.6 Å². The Kier molecular flexibility index (Phi) is 3.47. The first-order valence-corrected chi connectivity index (χ1v) is 6.17. The molecular weight excluding hydrogens is 214 g/mol. The molecule has 1 saturated carbocycles. The summed E-state index contributed by atoms with van der Waals surface area (Å²) >= 11 is 0. The van der Waals surface area contributed by atoms with Gasteiger partial charge in [0.05, 0.1) is 0 Å². The van der Waals surface area contributed by atoms with E-state index in [-0.39, 0.29) is 0 Å². The molecule has 94 valence electrons. The molecule has 0 amide bonds. The Morgan fingerprint density at radius 3 is 2.59 bits per heavy atom. The molecule has 0 aromatic carbocycles. The van der Waals surface area contributed by atoms with Gasteiger partial charge in [0, 0.05) is 12.6 Å². The highest BCUT2D eigenvalue weighted by atomic mass is 15.3. The maximum atomic E-state index is 5.36. The first-order valence-electron chi connectivity index (χ1n) is 6.17. The van der Waals surface area contributed by atoms with E-state index >= 15 is 0 Å². The number of hydrazine groups is 1. The van der Waals surface area contributed by atoms with Crippen molar-refractivity contribution in [1.29, 1.82) is 0 Å². The highest BCUT2D eigenvalue weighted by molar-refractivity contribution is 5.46. The number of nitrogens with two attached hydrogens (primary N) is 1. The van der Waals surface area contributed by atoms with E-state index in [1.165, 1.54) is 25.7 Å². The van der Waals surface area contributed by atoms with Gasteiger partial charge < -0.3 is 10.7 Å². The van der Waals surface area contributed by atoms with Crippen LogP contribution in [0.5, 0.6) is 0 Å². The van der Waals surface area contributed by atoms with E-state index in [4.69, 9.17) is 5.84 Å². The van der Waals surface area contributed by atoms with Crippen LogP contribution in [0.2, 0.25) is 0 Å². The lowest BCUT2D eigenvalue weighted by molar-refractivity contribution is 0.361. The van der Waals surface area contributed by atoms with Gasteiger partial charge in [-0.1, -0.05) is 19.8 Å². The lowest BCUT2D eigenvalue weighted by Crippen LogP contribution is -2.23. The molecule has 1 aliphatic carbocycles. The summed E-state index contributed by atoms with van der Waals surface area (Å²) in [5, 5.41) is 3.40. The topological polar surface area (TPSA) is 75.9 Å². The van der Waals surface area contributed by atoms with E-state index in [1.54, 1.807) is 0 Å². The number of rotatable bonds is 4. The molecular formula is C12H21N5. The van der Waals surface area contributed by atoms with Gasteiger partial charge in [-0.3, -0.25) is 0 Å². The fraction of sp³-hybridized carbons (Fsp3) is 0.667. The third-order valence-corrected chi connectivity index (χ3v) is 3.49. The molecule has 0 radical (unpaired) electrons. The van der Waals surface area contributed by atoms with E-state index in [0.717, 1.165) is 18.2 Å². The van der Waals surface area contributed by atoms with Crippen LogP contribution in [0.25, 0.3) is 0 Å². The summed E-state index contributed by atoms with van der Waals surface area (Å²) in [5.41, 5.74) is 2.97. The van der Waals surface area contributed by atoms with Crippen LogP contribution in [-0.2, 0) is 0 Å². The van der Waals surface area contributed by atoms with E-state index < -0.39 is 0 Å². The number of hydrogen-bond acceptors (Lipinski definition) is 5. The number of nitrogen functional groups attached to an aromatic ring is 1. The second kappa shape index (κ2) is 4.87. The number of hydrogen-bond donors (Lipinski definition) is 3. The zero-order valence-corrected chi connectivity index (χ0v) is 10.6. The molecule has 1 aromatic heterocycles. The standard InChI is InChI=1S/C12H21N5/c1-9-15-10(7-11(16-9)17-13)14-8-12(2)5-3-4-6-12/h7H,3-6,8,13H2,1-2H3,(H2,14,15,16,17). The zero-order chi connectivity index (χ0) is 12.3. The molecule has 2 rings (SSSR count). The van der Waals surface area contributed by atoms with E-state index in [0.29, 0.717) is 11.2 Å². The zero-order valence-electron chi connectivity index (χ0n) is 10.6. The SMILES string of the molecule is Cc1nc(NN)cc(NCC2(C)CCCC2)n1. The molecule has 0 spiro atoms. The van der Waals surface area contributed by atoms with Gasteiger partial charge in [-0.2, -0.15) is 0 Å². The summed E-state index contributed by atoms with van der Waals surface area (Å²) in [6.07, 6.45) is 5.28. The first-order chi connectivity index (χ1) is 8.11. The summed E-state index contributed by atoms with van der Waals surface area (Å²) in [6.45, 7) is 5.17. The average Bonchev–Trinajstić information content (AvgIpc) is 2.73. The number of nitrogens with one attached hydrogen (secondary N) is 2. The van der Waals surface area contributed by atoms with Crippen molar-refractivity contribution in [3.8, 4) is 0 Å². The van der Waals surface area contributed by atoms with Gasteiger partial charge in [-0.05, 0) is 25.2 Å². The Balaban J connectivity index is 2.00. The van der Waals surface area contributed by atoms with Crippen molar-refractivity contribution in [2.45, 2.75) is 39.5 Å². The smallest absolute Gasteiger partial charge is 0.145 e. The molecule has 1 heterocycles. The molecule has 17 heavy (non-hydrogen) atoms. The number of anilines is 2. The Morgan fingerprint density at radius 2 is 1.94 bits per heavy atom. The van der Waals surface area contributed by atoms with Gasteiger partial charge in [0.1, 0.15) is 17.5 Å². The lowest BCUT2D eigenvalue weighted by Gasteiger charge is -2.24. The predicted octanol–water partition coefficient (Wildman–Crippen LogP) is 2.06. The van der Waals surface area contributed by atoms with Crippen LogP contribution in [-0.4, -0.2) is 16.5 Å². The van der Waals surface area contributed by atoms with Gasteiger partial charge in [0.2, 0.25) is 0 Å². The number of nitrogens with zero attached hydrogens (tertiary/aromatic N) is 2. The summed E-state index contributed by atoms with van der Waals surface area (Å²) < 4.78 is 0. The fourth-order valence-corrected chi connectivity index (χ4v) is 2.44. The van der Waals surface area contributed by atoms with Crippen LogP contribution in [0.15, 0.2) is 6.07 Å². The van der Waals surface area contributed by atoms with Gasteiger partial charge in [-0.15, -0.1) is 0 Å². The Labute approximate surface area is 102 Å². The van der Waals surface area contributed by atoms with Crippen molar-refractivity contribution in [3.63, 3.8) is 0 Å². The lowest BCUT2D eigenvalue weighted by atomic mass is 9.89. The molecule has 5 heteroatoms. The molecule has 5 nitrogen and oxygen atoms in total. The van der Waals surface area contributed by atoms with Crippen LogP contribution in [0.3, 0.4) is 0 Å². The summed E-state index contributed by atoms with van der Waals surface area (Å²) in [7, 11) is 0. The average molecular weight is 235 g/mol. The molecule has 0 saturated heterocycles. The third-order valence-electron chi connectivity index (χ3n) is 3.49. The third kappa shape index (κ3) is 3.06. The van der Waals surface area contributed by atoms with E-state index in [2.05, 4.69) is 27.6 Å². The summed E-state index contributed by atoms with van der Waals surface area (Å²) in [4.78, 5) is 8.52. The van der Waals surface area contributed by atoms with Crippen molar-refractivity contribution < 1.29 is 0 Å². The van der Waals surface area contributed by atoms with Crippen molar-refractivity contribution >= 4 is 11.6 Å². The molecule has 1 aromatic rings. The van der Waals surface area contributed by atoms with Crippen molar-refractivity contribution in [1.82, 2.24) is 9.97 Å². The monoisotopic (exact) mass is 235 g/mol. The van der Waals surface area contributed by atoms with Crippen LogP contribution in [0, 0.1) is 12.3 Å². The molecule has 0 bridgehead atoms. The maximum absolute atomic E-state index is 5.36. The second-order valence-corrected chi connectivity index (χ2v) is 5.20. The van der Waals surface area contributed by atoms with E-state index in [9.17, 15) is 0 Å². The Morgan fingerprint density at radius 1 is 1.29 bits per heavy atom. The highest BCUT2D eigenvalue weighted by Gasteiger charge is 2.28. The Hall–Kier alpha value is -1.36. The minimum absolute atomic E-state index is 0.412. The van der Waals surface area contributed by atoms with Gasteiger partial charge in [-0.25, -0.2) is 15.8 Å². The van der Waals surface area contributed by atoms with Gasteiger partial charge >= 0.3 is 0 Å². The maximum Gasteiger partial charge on any atom is 0.145 e. The molecule has 1 aliphatic rings. The fourth-order valence-electron chi connectivity index (χ4n) is 2.44. The summed E-state index contributed by atoms with van der Waals surface area (Å²) in [5.74, 6) is 7.58. The quantitative estimate of drug-likeness (QED) is 0.550.